The summed E-state index contributed by atoms with van der Waals surface area (Å²) in [6, 6.07) is 6.49. The predicted molar refractivity (Wildman–Crippen MR) is 78.4 cm³/mol. The second-order valence-corrected chi connectivity index (χ2v) is 5.51. The zero-order valence-electron chi connectivity index (χ0n) is 12.0. The molecule has 1 amide bonds. The lowest BCUT2D eigenvalue weighted by molar-refractivity contribution is -0.130. The van der Waals surface area contributed by atoms with Gasteiger partial charge < -0.3 is 10.6 Å². The van der Waals surface area contributed by atoms with Gasteiger partial charge in [-0.25, -0.2) is 4.39 Å². The van der Waals surface area contributed by atoms with E-state index in [9.17, 15) is 9.18 Å². The number of halogens is 1. The van der Waals surface area contributed by atoms with Crippen LogP contribution in [-0.2, 0) is 4.79 Å². The van der Waals surface area contributed by atoms with E-state index in [1.54, 1.807) is 25.1 Å². The van der Waals surface area contributed by atoms with Crippen LogP contribution in [0.25, 0.3) is 6.08 Å². The second kappa shape index (κ2) is 6.18. The van der Waals surface area contributed by atoms with Gasteiger partial charge in [-0.15, -0.1) is 0 Å². The third-order valence-electron chi connectivity index (χ3n) is 3.77. The van der Waals surface area contributed by atoms with Gasteiger partial charge in [-0.05, 0) is 50.5 Å². The van der Waals surface area contributed by atoms with Gasteiger partial charge in [0.2, 0.25) is 5.91 Å². The summed E-state index contributed by atoms with van der Waals surface area (Å²) in [6.45, 7) is 4.53. The molecule has 2 unspecified atom stereocenters. The minimum Gasteiger partial charge on any atom is -0.336 e. The van der Waals surface area contributed by atoms with E-state index in [0.29, 0.717) is 12.1 Å². The molecule has 2 N–H and O–H groups in total. The van der Waals surface area contributed by atoms with Crippen molar-refractivity contribution in [3.8, 4) is 0 Å². The number of piperidine rings is 1. The maximum atomic E-state index is 12.9. The lowest BCUT2D eigenvalue weighted by Crippen LogP contribution is -2.48. The maximum absolute atomic E-state index is 12.9. The van der Waals surface area contributed by atoms with Crippen LogP contribution in [0.15, 0.2) is 29.8 Å². The molecule has 0 radical (unpaired) electrons. The largest absolute Gasteiger partial charge is 0.336 e. The molecular formula is C16H21FN2O. The van der Waals surface area contributed by atoms with E-state index >= 15 is 0 Å². The highest BCUT2D eigenvalue weighted by Crippen LogP contribution is 2.19. The molecule has 0 spiro atoms. The molecule has 0 aliphatic carbocycles. The van der Waals surface area contributed by atoms with E-state index in [1.807, 2.05) is 11.8 Å². The minimum absolute atomic E-state index is 0.0359. The molecule has 1 aromatic rings. The van der Waals surface area contributed by atoms with Crippen molar-refractivity contribution in [1.82, 2.24) is 4.90 Å². The Balaban J connectivity index is 2.10. The molecule has 1 aliphatic heterocycles. The van der Waals surface area contributed by atoms with Crippen molar-refractivity contribution in [3.05, 3.63) is 41.2 Å². The van der Waals surface area contributed by atoms with E-state index in [0.717, 1.165) is 18.4 Å². The Bertz CT molecular complexity index is 510. The molecule has 0 bridgehead atoms. The van der Waals surface area contributed by atoms with Crippen molar-refractivity contribution >= 4 is 12.0 Å². The van der Waals surface area contributed by atoms with E-state index in [2.05, 4.69) is 0 Å². The number of nitrogens with zero attached hydrogens (tertiary/aromatic N) is 1. The monoisotopic (exact) mass is 276 g/mol. The smallest absolute Gasteiger partial charge is 0.249 e. The van der Waals surface area contributed by atoms with Gasteiger partial charge in [0.15, 0.2) is 0 Å². The number of hydrogen-bond acceptors (Lipinski definition) is 2. The van der Waals surface area contributed by atoms with Crippen LogP contribution in [-0.4, -0.2) is 29.4 Å². The normalized spacial score (nSPS) is 23.8. The summed E-state index contributed by atoms with van der Waals surface area (Å²) in [6.07, 6.45) is 3.48. The highest BCUT2D eigenvalue weighted by molar-refractivity contribution is 5.97. The quantitative estimate of drug-likeness (QED) is 0.844. The summed E-state index contributed by atoms with van der Waals surface area (Å²) in [4.78, 5) is 14.3. The SMILES string of the molecule is CC(=Cc1ccc(F)cc1)C(=O)N1CCC(N)CC1C. The van der Waals surface area contributed by atoms with Crippen LogP contribution >= 0.6 is 0 Å². The minimum atomic E-state index is -0.273. The molecule has 0 aromatic heterocycles. The number of benzene rings is 1. The number of likely N-dealkylation sites (tertiary alicyclic amines) is 1. The molecular weight excluding hydrogens is 255 g/mol. The predicted octanol–water partition coefficient (Wildman–Crippen LogP) is 2.57. The fourth-order valence-corrected chi connectivity index (χ4v) is 2.61. The zero-order valence-corrected chi connectivity index (χ0v) is 12.0. The molecule has 4 heteroatoms. The van der Waals surface area contributed by atoms with Gasteiger partial charge in [0.25, 0.3) is 0 Å². The van der Waals surface area contributed by atoms with Gasteiger partial charge in [0.1, 0.15) is 5.82 Å². The molecule has 3 nitrogen and oxygen atoms in total. The van der Waals surface area contributed by atoms with E-state index in [1.165, 1.54) is 12.1 Å². The molecule has 20 heavy (non-hydrogen) atoms. The van der Waals surface area contributed by atoms with Crippen molar-refractivity contribution in [2.75, 3.05) is 6.54 Å². The maximum Gasteiger partial charge on any atom is 0.249 e. The third kappa shape index (κ3) is 3.45. The first-order chi connectivity index (χ1) is 9.47. The van der Waals surface area contributed by atoms with Gasteiger partial charge in [-0.1, -0.05) is 12.1 Å². The van der Waals surface area contributed by atoms with Crippen LogP contribution in [0, 0.1) is 5.82 Å². The van der Waals surface area contributed by atoms with Crippen LogP contribution in [0.5, 0.6) is 0 Å². The first-order valence-electron chi connectivity index (χ1n) is 6.98. The van der Waals surface area contributed by atoms with E-state index in [4.69, 9.17) is 5.73 Å². The van der Waals surface area contributed by atoms with Crippen molar-refractivity contribution in [1.29, 1.82) is 0 Å². The lowest BCUT2D eigenvalue weighted by Gasteiger charge is -2.36. The first-order valence-corrected chi connectivity index (χ1v) is 6.98. The van der Waals surface area contributed by atoms with Crippen LogP contribution in [0.3, 0.4) is 0 Å². The Kier molecular flexibility index (Phi) is 4.55. The molecule has 1 fully saturated rings. The second-order valence-electron chi connectivity index (χ2n) is 5.51. The fourth-order valence-electron chi connectivity index (χ4n) is 2.61. The summed E-state index contributed by atoms with van der Waals surface area (Å²) >= 11 is 0. The summed E-state index contributed by atoms with van der Waals surface area (Å²) in [7, 11) is 0. The molecule has 1 heterocycles. The van der Waals surface area contributed by atoms with Crippen LogP contribution in [0.1, 0.15) is 32.3 Å². The number of nitrogens with two attached hydrogens (primary N) is 1. The van der Waals surface area contributed by atoms with Gasteiger partial charge in [0, 0.05) is 24.2 Å². The van der Waals surface area contributed by atoms with Crippen LogP contribution in [0.4, 0.5) is 4.39 Å². The summed E-state index contributed by atoms with van der Waals surface area (Å²) in [5, 5.41) is 0. The Hall–Kier alpha value is -1.68. The van der Waals surface area contributed by atoms with Gasteiger partial charge in [-0.3, -0.25) is 4.79 Å². The standard InChI is InChI=1S/C16H21FN2O/c1-11(9-13-3-5-14(17)6-4-13)16(20)19-8-7-15(18)10-12(19)2/h3-6,9,12,15H,7-8,10,18H2,1-2H3. The fraction of sp³-hybridized carbons (Fsp3) is 0.438. The number of carbonyl (C=O) groups is 1. The van der Waals surface area contributed by atoms with Gasteiger partial charge in [0.05, 0.1) is 0 Å². The molecule has 108 valence electrons. The summed E-state index contributed by atoms with van der Waals surface area (Å²) in [5.41, 5.74) is 7.41. The summed E-state index contributed by atoms with van der Waals surface area (Å²) < 4.78 is 12.9. The van der Waals surface area contributed by atoms with E-state index < -0.39 is 0 Å². The van der Waals surface area contributed by atoms with Gasteiger partial charge >= 0.3 is 0 Å². The Morgan fingerprint density at radius 2 is 2.05 bits per heavy atom. The van der Waals surface area contributed by atoms with Crippen LogP contribution < -0.4 is 5.73 Å². The molecule has 1 aliphatic rings. The highest BCUT2D eigenvalue weighted by atomic mass is 19.1. The molecule has 2 atom stereocenters. The van der Waals surface area contributed by atoms with Crippen molar-refractivity contribution in [2.24, 2.45) is 5.73 Å². The topological polar surface area (TPSA) is 46.3 Å². The lowest BCUT2D eigenvalue weighted by atomic mass is 9.98. The van der Waals surface area contributed by atoms with E-state index in [-0.39, 0.29) is 23.8 Å². The number of rotatable bonds is 2. The molecule has 2 rings (SSSR count). The Morgan fingerprint density at radius 3 is 2.65 bits per heavy atom. The highest BCUT2D eigenvalue weighted by Gasteiger charge is 2.27. The van der Waals surface area contributed by atoms with Crippen molar-refractivity contribution in [2.45, 2.75) is 38.8 Å². The summed E-state index contributed by atoms with van der Waals surface area (Å²) in [5.74, 6) is -0.238. The van der Waals surface area contributed by atoms with Crippen LogP contribution in [0.2, 0.25) is 0 Å². The van der Waals surface area contributed by atoms with Gasteiger partial charge in [-0.2, -0.15) is 0 Å². The number of hydrogen-bond donors (Lipinski definition) is 1. The zero-order chi connectivity index (χ0) is 14.7. The Morgan fingerprint density at radius 1 is 1.40 bits per heavy atom. The average molecular weight is 276 g/mol. The van der Waals surface area contributed by atoms with Crippen molar-refractivity contribution < 1.29 is 9.18 Å². The van der Waals surface area contributed by atoms with Crippen molar-refractivity contribution in [3.63, 3.8) is 0 Å². The first kappa shape index (κ1) is 14.7. The third-order valence-corrected chi connectivity index (χ3v) is 3.77. The average Bonchev–Trinajstić information content (AvgIpc) is 2.40. The molecule has 1 saturated heterocycles. The Labute approximate surface area is 119 Å². The molecule has 0 saturated carbocycles. The number of carbonyl (C=O) groups excluding carboxylic acids is 1. The molecule has 1 aromatic carbocycles. The number of amides is 1.